The van der Waals surface area contributed by atoms with Crippen LogP contribution in [0, 0.1) is 0 Å². The summed E-state index contributed by atoms with van der Waals surface area (Å²) in [6.45, 7) is 1.37. The number of carbonyl (C=O) groups excluding carboxylic acids is 1. The molecule has 2 amide bonds. The van der Waals surface area contributed by atoms with Crippen molar-refractivity contribution in [2.75, 3.05) is 20.1 Å². The lowest BCUT2D eigenvalue weighted by Crippen LogP contribution is -2.30. The van der Waals surface area contributed by atoms with Crippen LogP contribution < -0.4 is 0 Å². The quantitative estimate of drug-likeness (QED) is 0.681. The maximum atomic E-state index is 11.7. The predicted octanol–water partition coefficient (Wildman–Crippen LogP) is 0.808. The fourth-order valence-electron chi connectivity index (χ4n) is 2.10. The normalized spacial score (nSPS) is 24.7. The van der Waals surface area contributed by atoms with Gasteiger partial charge in [-0.05, 0) is 6.08 Å². The van der Waals surface area contributed by atoms with Crippen molar-refractivity contribution in [2.24, 2.45) is 0 Å². The smallest absolute Gasteiger partial charge is 0.320 e. The Morgan fingerprint density at radius 3 is 3.13 bits per heavy atom. The maximum Gasteiger partial charge on any atom is 0.320 e. The van der Waals surface area contributed by atoms with E-state index in [1.165, 1.54) is 0 Å². The van der Waals surface area contributed by atoms with E-state index >= 15 is 0 Å². The van der Waals surface area contributed by atoms with Gasteiger partial charge in [-0.25, -0.2) is 9.78 Å². The number of urea groups is 1. The second kappa shape index (κ2) is 2.85. The Morgan fingerprint density at radius 2 is 2.47 bits per heavy atom. The first-order valence-electron chi connectivity index (χ1n) is 4.88. The minimum atomic E-state index is 0.0813. The van der Waals surface area contributed by atoms with Crippen LogP contribution in [0.1, 0.15) is 5.89 Å². The molecule has 0 unspecified atom stereocenters. The molecule has 1 aromatic rings. The van der Waals surface area contributed by atoms with Crippen LogP contribution in [-0.4, -0.2) is 47.0 Å². The molecular weight excluding hydrogens is 194 g/mol. The summed E-state index contributed by atoms with van der Waals surface area (Å²) in [5.74, 6) is 0.618. The summed E-state index contributed by atoms with van der Waals surface area (Å²) in [7, 11) is 1.82. The van der Waals surface area contributed by atoms with Gasteiger partial charge in [-0.15, -0.1) is 0 Å². The van der Waals surface area contributed by atoms with Crippen molar-refractivity contribution < 1.29 is 9.21 Å². The maximum absolute atomic E-state index is 11.7. The third-order valence-electron chi connectivity index (χ3n) is 2.94. The summed E-state index contributed by atoms with van der Waals surface area (Å²) >= 11 is 0. The molecule has 3 rings (SSSR count). The number of amides is 2. The van der Waals surface area contributed by atoms with Crippen molar-refractivity contribution in [1.29, 1.82) is 0 Å². The van der Waals surface area contributed by atoms with Crippen molar-refractivity contribution in [2.45, 2.75) is 6.04 Å². The zero-order valence-corrected chi connectivity index (χ0v) is 8.38. The van der Waals surface area contributed by atoms with Crippen LogP contribution >= 0.6 is 0 Å². The minimum Gasteiger partial charge on any atom is -0.445 e. The van der Waals surface area contributed by atoms with Gasteiger partial charge in [-0.1, -0.05) is 0 Å². The highest BCUT2D eigenvalue weighted by atomic mass is 16.3. The van der Waals surface area contributed by atoms with Crippen molar-refractivity contribution in [3.63, 3.8) is 0 Å². The van der Waals surface area contributed by atoms with E-state index in [2.05, 4.69) is 11.1 Å². The second-order valence-corrected chi connectivity index (χ2v) is 3.87. The molecule has 2 aliphatic rings. The number of likely N-dealkylation sites (N-methyl/N-ethyl adjacent to an activating group) is 1. The highest BCUT2D eigenvalue weighted by molar-refractivity contribution is 5.82. The van der Waals surface area contributed by atoms with E-state index in [0.717, 1.165) is 12.1 Å². The molecule has 1 aromatic heterocycles. The first kappa shape index (κ1) is 8.52. The monoisotopic (exact) mass is 205 g/mol. The Bertz CT molecular complexity index is 424. The van der Waals surface area contributed by atoms with Gasteiger partial charge in [0.1, 0.15) is 6.26 Å². The molecule has 0 spiro atoms. The van der Waals surface area contributed by atoms with Crippen LogP contribution in [0.3, 0.4) is 0 Å². The Hall–Kier alpha value is -1.78. The molecule has 5 heteroatoms. The summed E-state index contributed by atoms with van der Waals surface area (Å²) in [5, 5.41) is 0. The van der Waals surface area contributed by atoms with Crippen LogP contribution in [-0.2, 0) is 0 Å². The minimum absolute atomic E-state index is 0.0813. The number of nitrogens with zero attached hydrogens (tertiary/aromatic N) is 3. The molecule has 1 fully saturated rings. The first-order chi connectivity index (χ1) is 7.25. The molecule has 0 aromatic carbocycles. The number of carbonyl (C=O) groups is 1. The number of fused-ring (bicyclic) bond motifs is 2. The van der Waals surface area contributed by atoms with E-state index in [1.807, 2.05) is 11.9 Å². The van der Waals surface area contributed by atoms with Gasteiger partial charge in [0, 0.05) is 19.2 Å². The van der Waals surface area contributed by atoms with Crippen LogP contribution in [0.15, 0.2) is 23.0 Å². The van der Waals surface area contributed by atoms with Crippen LogP contribution in [0.25, 0.3) is 5.57 Å². The summed E-state index contributed by atoms with van der Waals surface area (Å²) in [4.78, 5) is 19.3. The molecule has 2 aliphatic heterocycles. The average Bonchev–Trinajstić information content (AvgIpc) is 2.84. The molecule has 0 aliphatic carbocycles. The number of oxazole rings is 1. The third kappa shape index (κ3) is 1.16. The molecule has 5 nitrogen and oxygen atoms in total. The molecule has 1 atom stereocenters. The van der Waals surface area contributed by atoms with Gasteiger partial charge >= 0.3 is 6.03 Å². The summed E-state index contributed by atoms with van der Waals surface area (Å²) in [6.07, 6.45) is 5.23. The Kier molecular flexibility index (Phi) is 1.62. The van der Waals surface area contributed by atoms with Gasteiger partial charge in [-0.2, -0.15) is 0 Å². The number of hydrogen-bond donors (Lipinski definition) is 0. The van der Waals surface area contributed by atoms with Crippen LogP contribution in [0.2, 0.25) is 0 Å². The van der Waals surface area contributed by atoms with E-state index in [1.54, 1.807) is 17.4 Å². The lowest BCUT2D eigenvalue weighted by atomic mass is 10.1. The average molecular weight is 205 g/mol. The van der Waals surface area contributed by atoms with Crippen molar-refractivity contribution in [3.05, 3.63) is 24.4 Å². The van der Waals surface area contributed by atoms with E-state index < -0.39 is 0 Å². The fraction of sp³-hybridized carbons (Fsp3) is 0.400. The lowest BCUT2D eigenvalue weighted by molar-refractivity contribution is 0.202. The largest absolute Gasteiger partial charge is 0.445 e. The number of aromatic nitrogens is 1. The Labute approximate surface area is 87.0 Å². The van der Waals surface area contributed by atoms with Gasteiger partial charge in [0.25, 0.3) is 0 Å². The molecule has 78 valence electrons. The fourth-order valence-corrected chi connectivity index (χ4v) is 2.10. The molecule has 15 heavy (non-hydrogen) atoms. The topological polar surface area (TPSA) is 49.6 Å². The molecule has 0 saturated carbocycles. The van der Waals surface area contributed by atoms with Gasteiger partial charge in [0.2, 0.25) is 5.89 Å². The molecule has 1 saturated heterocycles. The standard InChI is InChI=1S/C10H11N3O2/c1-12-8-4-7(9-11-2-3-15-9)5-13(6-8)10(12)14/h2-4,8H,5-6H2,1H3/t8-/m1/s1. The predicted molar refractivity (Wildman–Crippen MR) is 53.0 cm³/mol. The molecule has 0 radical (unpaired) electrons. The SMILES string of the molecule is CN1C(=O)N2CC(c3ncco3)=C[C@@H]1C2. The van der Waals surface area contributed by atoms with Crippen molar-refractivity contribution in [3.8, 4) is 0 Å². The highest BCUT2D eigenvalue weighted by Crippen LogP contribution is 2.27. The second-order valence-electron chi connectivity index (χ2n) is 3.87. The van der Waals surface area contributed by atoms with E-state index in [9.17, 15) is 4.79 Å². The third-order valence-corrected chi connectivity index (χ3v) is 2.94. The molecule has 3 heterocycles. The van der Waals surface area contributed by atoms with Gasteiger partial charge < -0.3 is 14.2 Å². The number of hydrogen-bond acceptors (Lipinski definition) is 3. The van der Waals surface area contributed by atoms with Crippen LogP contribution in [0.4, 0.5) is 4.79 Å². The molecule has 0 N–H and O–H groups in total. The molecule has 2 bridgehead atoms. The highest BCUT2D eigenvalue weighted by Gasteiger charge is 2.38. The Morgan fingerprint density at radius 1 is 1.60 bits per heavy atom. The zero-order valence-electron chi connectivity index (χ0n) is 8.38. The summed E-state index contributed by atoms with van der Waals surface area (Å²) < 4.78 is 5.23. The van der Waals surface area contributed by atoms with E-state index in [4.69, 9.17) is 4.42 Å². The van der Waals surface area contributed by atoms with Crippen molar-refractivity contribution >= 4 is 11.6 Å². The van der Waals surface area contributed by atoms with Gasteiger partial charge in [-0.3, -0.25) is 0 Å². The summed E-state index contributed by atoms with van der Waals surface area (Å²) in [5.41, 5.74) is 0.994. The van der Waals surface area contributed by atoms with E-state index in [-0.39, 0.29) is 12.1 Å². The van der Waals surface area contributed by atoms with Crippen molar-refractivity contribution in [1.82, 2.24) is 14.8 Å². The Balaban J connectivity index is 1.96. The zero-order chi connectivity index (χ0) is 10.4. The van der Waals surface area contributed by atoms with Crippen LogP contribution in [0.5, 0.6) is 0 Å². The first-order valence-corrected chi connectivity index (χ1v) is 4.88. The summed E-state index contributed by atoms with van der Waals surface area (Å²) in [6, 6.07) is 0.242. The molecular formula is C10H11N3O2. The lowest BCUT2D eigenvalue weighted by Gasteiger charge is -2.19. The van der Waals surface area contributed by atoms with E-state index in [0.29, 0.717) is 12.4 Å². The van der Waals surface area contributed by atoms with Gasteiger partial charge in [0.05, 0.1) is 18.8 Å². The van der Waals surface area contributed by atoms with Gasteiger partial charge in [0.15, 0.2) is 0 Å². The number of rotatable bonds is 1.